The fourth-order valence-electron chi connectivity index (χ4n) is 3.10. The molecule has 0 radical (unpaired) electrons. The number of hydrogen-bond donors (Lipinski definition) is 3. The van der Waals surface area contributed by atoms with Crippen LogP contribution >= 0.6 is 0 Å². The van der Waals surface area contributed by atoms with Crippen LogP contribution in [0, 0.1) is 0 Å². The van der Waals surface area contributed by atoms with Gasteiger partial charge >= 0.3 is 0 Å². The SMILES string of the molecule is O=C(NC1CCCCCC1)C1CNc2ccccc2N1. The maximum atomic E-state index is 12.4. The van der Waals surface area contributed by atoms with Crippen LogP contribution in [0.2, 0.25) is 0 Å². The van der Waals surface area contributed by atoms with E-state index >= 15 is 0 Å². The largest absolute Gasteiger partial charge is 0.381 e. The van der Waals surface area contributed by atoms with Gasteiger partial charge in [0, 0.05) is 12.6 Å². The zero-order chi connectivity index (χ0) is 13.8. The zero-order valence-electron chi connectivity index (χ0n) is 11.8. The fourth-order valence-corrected chi connectivity index (χ4v) is 3.10. The second kappa shape index (κ2) is 6.16. The monoisotopic (exact) mass is 273 g/mol. The maximum absolute atomic E-state index is 12.4. The van der Waals surface area contributed by atoms with Crippen LogP contribution in [0.15, 0.2) is 24.3 Å². The highest BCUT2D eigenvalue weighted by atomic mass is 16.2. The van der Waals surface area contributed by atoms with Crippen molar-refractivity contribution in [3.63, 3.8) is 0 Å². The molecule has 1 aliphatic heterocycles. The Balaban J connectivity index is 1.58. The van der Waals surface area contributed by atoms with Crippen LogP contribution in [0.5, 0.6) is 0 Å². The summed E-state index contributed by atoms with van der Waals surface area (Å²) < 4.78 is 0. The van der Waals surface area contributed by atoms with E-state index in [4.69, 9.17) is 0 Å². The molecule has 1 unspecified atom stereocenters. The third-order valence-corrected chi connectivity index (χ3v) is 4.27. The molecule has 1 heterocycles. The first-order valence-corrected chi connectivity index (χ1v) is 7.73. The summed E-state index contributed by atoms with van der Waals surface area (Å²) in [6.45, 7) is 0.648. The molecule has 1 fully saturated rings. The van der Waals surface area contributed by atoms with Crippen LogP contribution in [-0.4, -0.2) is 24.5 Å². The Morgan fingerprint density at radius 1 is 1.05 bits per heavy atom. The molecule has 1 aromatic carbocycles. The van der Waals surface area contributed by atoms with Crippen molar-refractivity contribution in [2.45, 2.75) is 50.6 Å². The van der Waals surface area contributed by atoms with Crippen molar-refractivity contribution < 1.29 is 4.79 Å². The summed E-state index contributed by atoms with van der Waals surface area (Å²) in [5.41, 5.74) is 2.09. The van der Waals surface area contributed by atoms with E-state index in [1.807, 2.05) is 24.3 Å². The van der Waals surface area contributed by atoms with Crippen LogP contribution in [0.25, 0.3) is 0 Å². The summed E-state index contributed by atoms with van der Waals surface area (Å²) in [4.78, 5) is 12.4. The first kappa shape index (κ1) is 13.3. The average Bonchev–Trinajstić information content (AvgIpc) is 2.75. The van der Waals surface area contributed by atoms with Crippen molar-refractivity contribution in [2.24, 2.45) is 0 Å². The summed E-state index contributed by atoms with van der Waals surface area (Å²) in [7, 11) is 0. The lowest BCUT2D eigenvalue weighted by molar-refractivity contribution is -0.122. The number of fused-ring (bicyclic) bond motifs is 1. The highest BCUT2D eigenvalue weighted by molar-refractivity contribution is 5.88. The van der Waals surface area contributed by atoms with Crippen LogP contribution in [0.1, 0.15) is 38.5 Å². The molecule has 0 aromatic heterocycles. The third-order valence-electron chi connectivity index (χ3n) is 4.27. The minimum absolute atomic E-state index is 0.124. The lowest BCUT2D eigenvalue weighted by Gasteiger charge is -2.29. The van der Waals surface area contributed by atoms with Gasteiger partial charge in [-0.15, -0.1) is 0 Å². The van der Waals surface area contributed by atoms with E-state index < -0.39 is 0 Å². The number of carbonyl (C=O) groups is 1. The predicted octanol–water partition coefficient (Wildman–Crippen LogP) is 2.73. The molecule has 0 saturated heterocycles. The van der Waals surface area contributed by atoms with E-state index in [9.17, 15) is 4.79 Å². The number of para-hydroxylation sites is 2. The molecular weight excluding hydrogens is 250 g/mol. The minimum Gasteiger partial charge on any atom is -0.381 e. The number of carbonyl (C=O) groups excluding carboxylic acids is 1. The highest BCUT2D eigenvalue weighted by Gasteiger charge is 2.25. The van der Waals surface area contributed by atoms with E-state index in [2.05, 4.69) is 16.0 Å². The fraction of sp³-hybridized carbons (Fsp3) is 0.562. The number of nitrogens with one attached hydrogen (secondary N) is 3. The highest BCUT2D eigenvalue weighted by Crippen LogP contribution is 2.25. The van der Waals surface area contributed by atoms with Gasteiger partial charge in [0.15, 0.2) is 0 Å². The Morgan fingerprint density at radius 2 is 1.75 bits per heavy atom. The normalized spacial score (nSPS) is 22.9. The van der Waals surface area contributed by atoms with Gasteiger partial charge in [0.05, 0.1) is 11.4 Å². The van der Waals surface area contributed by atoms with Gasteiger partial charge in [-0.2, -0.15) is 0 Å². The average molecular weight is 273 g/mol. The van der Waals surface area contributed by atoms with Gasteiger partial charge in [-0.3, -0.25) is 4.79 Å². The number of rotatable bonds is 2. The zero-order valence-corrected chi connectivity index (χ0v) is 11.8. The minimum atomic E-state index is -0.173. The molecule has 108 valence electrons. The van der Waals surface area contributed by atoms with Gasteiger partial charge in [0.1, 0.15) is 6.04 Å². The lowest BCUT2D eigenvalue weighted by Crippen LogP contribution is -2.49. The van der Waals surface area contributed by atoms with Crippen molar-refractivity contribution >= 4 is 17.3 Å². The summed E-state index contributed by atoms with van der Waals surface area (Å²) in [5.74, 6) is 0.124. The van der Waals surface area contributed by atoms with Crippen molar-refractivity contribution in [3.8, 4) is 0 Å². The molecule has 1 aliphatic carbocycles. The van der Waals surface area contributed by atoms with Gasteiger partial charge in [-0.25, -0.2) is 0 Å². The Morgan fingerprint density at radius 3 is 2.50 bits per heavy atom. The molecule has 4 heteroatoms. The van der Waals surface area contributed by atoms with Gasteiger partial charge in [-0.1, -0.05) is 37.8 Å². The Hall–Kier alpha value is -1.71. The van der Waals surface area contributed by atoms with Crippen LogP contribution in [0.3, 0.4) is 0 Å². The predicted molar refractivity (Wildman–Crippen MR) is 82.0 cm³/mol. The topological polar surface area (TPSA) is 53.2 Å². The van der Waals surface area contributed by atoms with E-state index in [1.165, 1.54) is 25.7 Å². The quantitative estimate of drug-likeness (QED) is 0.726. The lowest BCUT2D eigenvalue weighted by atomic mass is 10.1. The molecule has 1 atom stereocenters. The van der Waals surface area contributed by atoms with E-state index in [-0.39, 0.29) is 11.9 Å². The van der Waals surface area contributed by atoms with Crippen molar-refractivity contribution in [3.05, 3.63) is 24.3 Å². The van der Waals surface area contributed by atoms with Gasteiger partial charge in [-0.05, 0) is 25.0 Å². The van der Waals surface area contributed by atoms with Crippen molar-refractivity contribution in [1.82, 2.24) is 5.32 Å². The van der Waals surface area contributed by atoms with Gasteiger partial charge < -0.3 is 16.0 Å². The van der Waals surface area contributed by atoms with Crippen molar-refractivity contribution in [2.75, 3.05) is 17.2 Å². The van der Waals surface area contributed by atoms with Crippen LogP contribution < -0.4 is 16.0 Å². The van der Waals surface area contributed by atoms with Crippen molar-refractivity contribution in [1.29, 1.82) is 0 Å². The number of hydrogen-bond acceptors (Lipinski definition) is 3. The summed E-state index contributed by atoms with van der Waals surface area (Å²) in [6, 6.07) is 8.21. The number of anilines is 2. The number of amides is 1. The molecule has 3 N–H and O–H groups in total. The maximum Gasteiger partial charge on any atom is 0.244 e. The van der Waals surface area contributed by atoms with Gasteiger partial charge in [0.25, 0.3) is 0 Å². The second-order valence-electron chi connectivity index (χ2n) is 5.82. The first-order chi connectivity index (χ1) is 9.83. The second-order valence-corrected chi connectivity index (χ2v) is 5.82. The molecule has 4 nitrogen and oxygen atoms in total. The Kier molecular flexibility index (Phi) is 4.09. The molecule has 0 spiro atoms. The Labute approximate surface area is 120 Å². The van der Waals surface area contributed by atoms with Gasteiger partial charge in [0.2, 0.25) is 5.91 Å². The molecule has 1 aromatic rings. The van der Waals surface area contributed by atoms with Crippen LogP contribution in [0.4, 0.5) is 11.4 Å². The smallest absolute Gasteiger partial charge is 0.244 e. The van der Waals surface area contributed by atoms with E-state index in [1.54, 1.807) is 0 Å². The molecule has 3 rings (SSSR count). The van der Waals surface area contributed by atoms with Crippen LogP contribution in [-0.2, 0) is 4.79 Å². The van der Waals surface area contributed by atoms with E-state index in [0.717, 1.165) is 24.2 Å². The number of benzene rings is 1. The van der Waals surface area contributed by atoms with E-state index in [0.29, 0.717) is 12.6 Å². The molecule has 2 aliphatic rings. The molecule has 1 amide bonds. The standard InChI is InChI=1S/C16H23N3O/c20-16(18-12-7-3-1-2-4-8-12)15-11-17-13-9-5-6-10-14(13)19-15/h5-6,9-10,12,15,17,19H,1-4,7-8,11H2,(H,18,20). The molecule has 0 bridgehead atoms. The third kappa shape index (κ3) is 3.06. The molecule has 1 saturated carbocycles. The summed E-state index contributed by atoms with van der Waals surface area (Å²) in [6.07, 6.45) is 7.35. The first-order valence-electron chi connectivity index (χ1n) is 7.73. The summed E-state index contributed by atoms with van der Waals surface area (Å²) >= 11 is 0. The summed E-state index contributed by atoms with van der Waals surface area (Å²) in [5, 5.41) is 9.87. The molecular formula is C16H23N3O. The Bertz CT molecular complexity index is 467. The molecule has 20 heavy (non-hydrogen) atoms.